The van der Waals surface area contributed by atoms with Gasteiger partial charge in [0.15, 0.2) is 6.61 Å². The number of nitrogens with zero attached hydrogens (tertiary/aromatic N) is 1. The number of benzene rings is 1. The van der Waals surface area contributed by atoms with Crippen LogP contribution < -0.4 is 4.74 Å². The van der Waals surface area contributed by atoms with E-state index in [1.165, 1.54) is 24.3 Å². The lowest BCUT2D eigenvalue weighted by Crippen LogP contribution is -2.41. The summed E-state index contributed by atoms with van der Waals surface area (Å²) >= 11 is 1.95. The van der Waals surface area contributed by atoms with Gasteiger partial charge in [0.1, 0.15) is 11.6 Å². The molecule has 0 saturated carbocycles. The third-order valence-electron chi connectivity index (χ3n) is 3.40. The Kier molecular flexibility index (Phi) is 3.16. The summed E-state index contributed by atoms with van der Waals surface area (Å²) in [6.07, 6.45) is 1.12. The predicted molar refractivity (Wildman–Crippen MR) is 68.3 cm³/mol. The number of halogens is 1. The Morgan fingerprint density at radius 2 is 2.22 bits per heavy atom. The van der Waals surface area contributed by atoms with Crippen LogP contribution in [0.5, 0.6) is 5.75 Å². The van der Waals surface area contributed by atoms with Crippen molar-refractivity contribution in [2.75, 3.05) is 18.9 Å². The minimum atomic E-state index is -0.303. The number of hydrogen-bond acceptors (Lipinski definition) is 3. The average Bonchev–Trinajstić information content (AvgIpc) is 3.00. The van der Waals surface area contributed by atoms with Gasteiger partial charge in [0.25, 0.3) is 5.91 Å². The first-order valence-corrected chi connectivity index (χ1v) is 7.06. The van der Waals surface area contributed by atoms with Crippen molar-refractivity contribution in [3.8, 4) is 5.75 Å². The molecule has 0 spiro atoms. The van der Waals surface area contributed by atoms with Crippen molar-refractivity contribution in [2.24, 2.45) is 0 Å². The molecule has 0 N–H and O–H groups in total. The molecule has 96 valence electrons. The number of ether oxygens (including phenoxy) is 1. The molecule has 3 nitrogen and oxygen atoms in total. The Hall–Kier alpha value is -1.23. The molecule has 2 saturated heterocycles. The molecule has 1 aromatic rings. The highest BCUT2D eigenvalue weighted by Gasteiger charge is 2.40. The van der Waals surface area contributed by atoms with Gasteiger partial charge >= 0.3 is 0 Å². The number of amides is 1. The van der Waals surface area contributed by atoms with E-state index in [1.54, 1.807) is 0 Å². The van der Waals surface area contributed by atoms with Crippen LogP contribution in [-0.2, 0) is 4.79 Å². The van der Waals surface area contributed by atoms with E-state index < -0.39 is 0 Å². The van der Waals surface area contributed by atoms with Crippen LogP contribution >= 0.6 is 11.8 Å². The van der Waals surface area contributed by atoms with Crippen LogP contribution in [-0.4, -0.2) is 41.0 Å². The van der Waals surface area contributed by atoms with Gasteiger partial charge in [-0.2, -0.15) is 11.8 Å². The average molecular weight is 267 g/mol. The van der Waals surface area contributed by atoms with Gasteiger partial charge in [0.05, 0.1) is 0 Å². The molecule has 5 heteroatoms. The van der Waals surface area contributed by atoms with Crippen LogP contribution in [0.4, 0.5) is 4.39 Å². The molecule has 2 unspecified atom stereocenters. The molecule has 0 aromatic heterocycles. The first-order valence-electron chi connectivity index (χ1n) is 6.02. The first kappa shape index (κ1) is 11.8. The second-order valence-electron chi connectivity index (χ2n) is 4.63. The molecule has 0 radical (unpaired) electrons. The zero-order valence-corrected chi connectivity index (χ0v) is 10.7. The van der Waals surface area contributed by atoms with Gasteiger partial charge in [-0.05, 0) is 30.7 Å². The smallest absolute Gasteiger partial charge is 0.260 e. The molecular weight excluding hydrogens is 253 g/mol. The fourth-order valence-corrected chi connectivity index (χ4v) is 3.90. The van der Waals surface area contributed by atoms with Gasteiger partial charge in [0, 0.05) is 23.6 Å². The topological polar surface area (TPSA) is 29.5 Å². The van der Waals surface area contributed by atoms with Crippen LogP contribution in [0, 0.1) is 5.82 Å². The minimum Gasteiger partial charge on any atom is -0.484 e. The maximum atomic E-state index is 12.7. The number of carbonyl (C=O) groups excluding carboxylic acids is 1. The van der Waals surface area contributed by atoms with Gasteiger partial charge in [-0.25, -0.2) is 4.39 Å². The maximum absolute atomic E-state index is 12.7. The Morgan fingerprint density at radius 1 is 1.44 bits per heavy atom. The number of thioether (sulfide) groups is 1. The molecule has 2 fully saturated rings. The lowest BCUT2D eigenvalue weighted by Gasteiger charge is -2.26. The Balaban J connectivity index is 1.54. The van der Waals surface area contributed by atoms with Gasteiger partial charge in [-0.3, -0.25) is 4.79 Å². The van der Waals surface area contributed by atoms with Gasteiger partial charge in [-0.1, -0.05) is 0 Å². The molecule has 2 aliphatic heterocycles. The van der Waals surface area contributed by atoms with E-state index in [1.807, 2.05) is 16.7 Å². The molecule has 2 heterocycles. The van der Waals surface area contributed by atoms with E-state index >= 15 is 0 Å². The second-order valence-corrected chi connectivity index (χ2v) is 5.97. The fourth-order valence-electron chi connectivity index (χ4n) is 2.46. The zero-order chi connectivity index (χ0) is 12.5. The molecule has 3 rings (SSSR count). The minimum absolute atomic E-state index is 0.0344. The number of fused-ring (bicyclic) bond motifs is 2. The van der Waals surface area contributed by atoms with Crippen molar-refractivity contribution in [1.82, 2.24) is 4.90 Å². The number of carbonyl (C=O) groups is 1. The van der Waals surface area contributed by atoms with E-state index in [9.17, 15) is 9.18 Å². The molecule has 0 aliphatic carbocycles. The van der Waals surface area contributed by atoms with Crippen molar-refractivity contribution in [3.63, 3.8) is 0 Å². The standard InChI is InChI=1S/C13H14FNO2S/c14-9-1-3-11(4-2-9)17-7-13(16)15-6-12-5-10(15)8-18-12/h1-4,10,12H,5-8H2. The van der Waals surface area contributed by atoms with Crippen molar-refractivity contribution in [1.29, 1.82) is 0 Å². The van der Waals surface area contributed by atoms with Crippen molar-refractivity contribution in [2.45, 2.75) is 17.7 Å². The Morgan fingerprint density at radius 3 is 2.83 bits per heavy atom. The molecule has 1 aromatic carbocycles. The van der Waals surface area contributed by atoms with Crippen molar-refractivity contribution < 1.29 is 13.9 Å². The Labute approximate surface area is 109 Å². The largest absolute Gasteiger partial charge is 0.484 e. The van der Waals surface area contributed by atoms with E-state index in [0.717, 1.165) is 18.7 Å². The third-order valence-corrected chi connectivity index (χ3v) is 4.79. The normalized spacial score (nSPS) is 25.5. The van der Waals surface area contributed by atoms with Crippen molar-refractivity contribution >= 4 is 17.7 Å². The maximum Gasteiger partial charge on any atom is 0.260 e. The molecule has 2 bridgehead atoms. The van der Waals surface area contributed by atoms with Gasteiger partial charge < -0.3 is 9.64 Å². The summed E-state index contributed by atoms with van der Waals surface area (Å²) in [5.74, 6) is 1.31. The van der Waals surface area contributed by atoms with Crippen molar-refractivity contribution in [3.05, 3.63) is 30.1 Å². The SMILES string of the molecule is O=C(COc1ccc(F)cc1)N1CC2CC1CS2. The lowest BCUT2D eigenvalue weighted by atomic mass is 10.2. The second kappa shape index (κ2) is 4.80. The van der Waals surface area contributed by atoms with E-state index in [4.69, 9.17) is 4.74 Å². The van der Waals surface area contributed by atoms with E-state index in [0.29, 0.717) is 17.0 Å². The number of hydrogen-bond donors (Lipinski definition) is 0. The summed E-state index contributed by atoms with van der Waals surface area (Å²) in [5.41, 5.74) is 0. The molecule has 18 heavy (non-hydrogen) atoms. The lowest BCUT2D eigenvalue weighted by molar-refractivity contribution is -0.133. The highest BCUT2D eigenvalue weighted by atomic mass is 32.2. The molecular formula is C13H14FNO2S. The summed E-state index contributed by atoms with van der Waals surface area (Å²) < 4.78 is 18.1. The summed E-state index contributed by atoms with van der Waals surface area (Å²) in [7, 11) is 0. The van der Waals surface area contributed by atoms with Gasteiger partial charge in [0.2, 0.25) is 0 Å². The van der Waals surface area contributed by atoms with Crippen LogP contribution in [0.3, 0.4) is 0 Å². The van der Waals surface area contributed by atoms with Crippen LogP contribution in [0.2, 0.25) is 0 Å². The zero-order valence-electron chi connectivity index (χ0n) is 9.84. The highest BCUT2D eigenvalue weighted by Crippen LogP contribution is 2.37. The van der Waals surface area contributed by atoms with Crippen LogP contribution in [0.25, 0.3) is 0 Å². The van der Waals surface area contributed by atoms with Crippen LogP contribution in [0.1, 0.15) is 6.42 Å². The fraction of sp³-hybridized carbons (Fsp3) is 0.462. The summed E-state index contributed by atoms with van der Waals surface area (Å²) in [6.45, 7) is 0.889. The summed E-state index contributed by atoms with van der Waals surface area (Å²) in [6, 6.07) is 6.12. The van der Waals surface area contributed by atoms with E-state index in [2.05, 4.69) is 0 Å². The highest BCUT2D eigenvalue weighted by molar-refractivity contribution is 8.00. The quantitative estimate of drug-likeness (QED) is 0.838. The van der Waals surface area contributed by atoms with Gasteiger partial charge in [-0.15, -0.1) is 0 Å². The molecule has 2 atom stereocenters. The monoisotopic (exact) mass is 267 g/mol. The molecule has 1 amide bonds. The molecule has 2 aliphatic rings. The third kappa shape index (κ3) is 2.32. The van der Waals surface area contributed by atoms with E-state index in [-0.39, 0.29) is 18.3 Å². The number of rotatable bonds is 3. The predicted octanol–water partition coefficient (Wildman–Crippen LogP) is 1.92. The Bertz CT molecular complexity index is 451. The van der Waals surface area contributed by atoms with Crippen LogP contribution in [0.15, 0.2) is 24.3 Å². The summed E-state index contributed by atoms with van der Waals surface area (Å²) in [4.78, 5) is 13.9. The number of likely N-dealkylation sites (tertiary alicyclic amines) is 1. The summed E-state index contributed by atoms with van der Waals surface area (Å²) in [5, 5.41) is 0.616. The first-order chi connectivity index (χ1) is 8.72.